The number of sulfonamides is 1. The van der Waals surface area contributed by atoms with E-state index in [1.54, 1.807) is 19.2 Å². The summed E-state index contributed by atoms with van der Waals surface area (Å²) >= 11 is 0.911. The van der Waals surface area contributed by atoms with Crippen molar-refractivity contribution < 1.29 is 22.7 Å². The summed E-state index contributed by atoms with van der Waals surface area (Å²) in [5.74, 6) is 0.687. The number of rotatable bonds is 9. The fourth-order valence-corrected chi connectivity index (χ4v) is 7.81. The highest BCUT2D eigenvalue weighted by molar-refractivity contribution is 7.91. The number of nitrogens with one attached hydrogen (secondary N) is 2. The van der Waals surface area contributed by atoms with Crippen LogP contribution in [0.4, 0.5) is 15.7 Å². The number of thiazole rings is 1. The Morgan fingerprint density at radius 3 is 2.71 bits per heavy atom. The summed E-state index contributed by atoms with van der Waals surface area (Å²) in [4.78, 5) is 42.3. The van der Waals surface area contributed by atoms with Crippen LogP contribution in [0.2, 0.25) is 0 Å². The van der Waals surface area contributed by atoms with Crippen molar-refractivity contribution in [3.63, 3.8) is 0 Å². The third kappa shape index (κ3) is 6.23. The molecule has 4 aromatic rings. The summed E-state index contributed by atoms with van der Waals surface area (Å²) < 4.78 is 32.8. The number of ether oxygens (including phenoxy) is 1. The highest BCUT2D eigenvalue weighted by Crippen LogP contribution is 2.31. The molecular formula is C27H30N8O5S2. The van der Waals surface area contributed by atoms with Gasteiger partial charge in [0.05, 0.1) is 18.3 Å². The molecule has 1 atom stereocenters. The molecule has 1 aliphatic rings. The van der Waals surface area contributed by atoms with E-state index in [1.807, 2.05) is 18.2 Å². The van der Waals surface area contributed by atoms with Gasteiger partial charge in [-0.1, -0.05) is 23.5 Å². The van der Waals surface area contributed by atoms with Crippen molar-refractivity contribution in [1.82, 2.24) is 29.1 Å². The number of piperazine rings is 1. The molecular weight excluding hydrogens is 580 g/mol. The standard InChI is InChI=1S/C27H30N8O5S2/c1-17(31-24-22-6-4-5-21(23(22)29-16-30-24)20-11-19(15-36)12-28-13-20)14-34-7-9-35(10-8-34)42(38,39)25-18(2)32-26(41-25)33-27(37)40-3/h4-6,11-13,15-17H,7-10,14H2,1-3H3,(H,29,30,31)(H,32,33,37)/t17-/m0/s1. The number of anilines is 2. The lowest BCUT2D eigenvalue weighted by Crippen LogP contribution is -2.50. The van der Waals surface area contributed by atoms with E-state index in [0.717, 1.165) is 39.7 Å². The Bertz CT molecular complexity index is 1720. The SMILES string of the molecule is COC(=O)Nc1nc(C)c(S(=O)(=O)N2CCN(C[C@H](C)Nc3ncnc4c(-c5cncc(C=O)c5)cccc34)CC2)s1. The zero-order valence-corrected chi connectivity index (χ0v) is 24.9. The second kappa shape index (κ2) is 12.4. The summed E-state index contributed by atoms with van der Waals surface area (Å²) in [6.07, 6.45) is 4.79. The van der Waals surface area contributed by atoms with Gasteiger partial charge in [-0.25, -0.2) is 28.2 Å². The van der Waals surface area contributed by atoms with Gasteiger partial charge in [0.25, 0.3) is 10.0 Å². The molecule has 15 heteroatoms. The smallest absolute Gasteiger partial charge is 0.413 e. The van der Waals surface area contributed by atoms with Crippen LogP contribution >= 0.6 is 11.3 Å². The molecule has 0 radical (unpaired) electrons. The fraction of sp³-hybridized carbons (Fsp3) is 0.333. The van der Waals surface area contributed by atoms with Gasteiger partial charge in [0, 0.05) is 73.2 Å². The molecule has 1 amide bonds. The summed E-state index contributed by atoms with van der Waals surface area (Å²) in [6, 6.07) is 7.59. The molecule has 0 saturated carbocycles. The average molecular weight is 611 g/mol. The Morgan fingerprint density at radius 2 is 1.98 bits per heavy atom. The third-order valence-corrected chi connectivity index (χ3v) is 10.4. The Morgan fingerprint density at radius 1 is 1.19 bits per heavy atom. The molecule has 1 aromatic carbocycles. The molecule has 0 unspecified atom stereocenters. The van der Waals surface area contributed by atoms with Gasteiger partial charge in [-0.15, -0.1) is 0 Å². The quantitative estimate of drug-likeness (QED) is 0.268. The lowest BCUT2D eigenvalue weighted by Gasteiger charge is -2.35. The van der Waals surface area contributed by atoms with Crippen LogP contribution < -0.4 is 10.6 Å². The van der Waals surface area contributed by atoms with E-state index in [-0.39, 0.29) is 15.4 Å². The maximum atomic E-state index is 13.3. The molecule has 4 heterocycles. The lowest BCUT2D eigenvalue weighted by molar-refractivity contribution is 0.112. The maximum Gasteiger partial charge on any atom is 0.413 e. The number of aromatic nitrogens is 4. The van der Waals surface area contributed by atoms with Crippen molar-refractivity contribution in [3.05, 3.63) is 54.2 Å². The second-order valence-corrected chi connectivity index (χ2v) is 12.9. The van der Waals surface area contributed by atoms with E-state index in [2.05, 4.69) is 47.1 Å². The van der Waals surface area contributed by atoms with E-state index >= 15 is 0 Å². The summed E-state index contributed by atoms with van der Waals surface area (Å²) in [6.45, 7) is 6.12. The monoisotopic (exact) mass is 610 g/mol. The van der Waals surface area contributed by atoms with Gasteiger partial charge in [-0.2, -0.15) is 4.31 Å². The van der Waals surface area contributed by atoms with Crippen LogP contribution in [-0.4, -0.2) is 95.8 Å². The molecule has 5 rings (SSSR count). The van der Waals surface area contributed by atoms with Crippen molar-refractivity contribution in [2.45, 2.75) is 24.1 Å². The molecule has 1 saturated heterocycles. The van der Waals surface area contributed by atoms with Crippen LogP contribution in [0, 0.1) is 6.92 Å². The topological polar surface area (TPSA) is 160 Å². The van der Waals surface area contributed by atoms with Crippen LogP contribution in [0.15, 0.2) is 47.2 Å². The van der Waals surface area contributed by atoms with Gasteiger partial charge in [0.15, 0.2) is 15.6 Å². The van der Waals surface area contributed by atoms with E-state index in [1.165, 1.54) is 23.9 Å². The van der Waals surface area contributed by atoms with Crippen LogP contribution in [-0.2, 0) is 14.8 Å². The molecule has 1 fully saturated rings. The molecule has 3 aromatic heterocycles. The van der Waals surface area contributed by atoms with Gasteiger partial charge in [-0.3, -0.25) is 20.0 Å². The van der Waals surface area contributed by atoms with Gasteiger partial charge in [0.2, 0.25) is 0 Å². The fourth-order valence-electron chi connectivity index (χ4n) is 4.85. The maximum absolute atomic E-state index is 13.3. The van der Waals surface area contributed by atoms with Crippen LogP contribution in [0.1, 0.15) is 23.0 Å². The Balaban J connectivity index is 1.23. The minimum Gasteiger partial charge on any atom is -0.453 e. The molecule has 2 N–H and O–H groups in total. The zero-order valence-electron chi connectivity index (χ0n) is 23.3. The Labute approximate surface area is 247 Å². The van der Waals surface area contributed by atoms with Gasteiger partial charge in [0.1, 0.15) is 12.1 Å². The molecule has 0 spiro atoms. The number of carbonyl (C=O) groups excluding carboxylic acids is 2. The molecule has 13 nitrogen and oxygen atoms in total. The van der Waals surface area contributed by atoms with Crippen LogP contribution in [0.3, 0.4) is 0 Å². The van der Waals surface area contributed by atoms with E-state index in [4.69, 9.17) is 0 Å². The molecule has 0 bridgehead atoms. The molecule has 1 aliphatic heterocycles. The first-order valence-corrected chi connectivity index (χ1v) is 15.4. The number of fused-ring (bicyclic) bond motifs is 1. The van der Waals surface area contributed by atoms with Crippen molar-refractivity contribution >= 4 is 55.6 Å². The Kier molecular flexibility index (Phi) is 8.72. The number of nitrogens with zero attached hydrogens (tertiary/aromatic N) is 6. The number of para-hydroxylation sites is 1. The number of pyridine rings is 1. The number of aldehydes is 1. The number of amides is 1. The minimum absolute atomic E-state index is 0.00525. The highest BCUT2D eigenvalue weighted by atomic mass is 32.2. The van der Waals surface area contributed by atoms with Crippen LogP contribution in [0.5, 0.6) is 0 Å². The second-order valence-electron chi connectivity index (χ2n) is 9.81. The zero-order chi connectivity index (χ0) is 29.9. The lowest BCUT2D eigenvalue weighted by atomic mass is 10.0. The first-order chi connectivity index (χ1) is 20.2. The number of benzene rings is 1. The number of hydrogen-bond donors (Lipinski definition) is 2. The average Bonchev–Trinajstić information content (AvgIpc) is 3.37. The first kappa shape index (κ1) is 29.4. The highest BCUT2D eigenvalue weighted by Gasteiger charge is 2.32. The third-order valence-electron chi connectivity index (χ3n) is 6.84. The predicted octanol–water partition coefficient (Wildman–Crippen LogP) is 3.25. The number of hydrogen-bond acceptors (Lipinski definition) is 12. The van der Waals surface area contributed by atoms with E-state index in [0.29, 0.717) is 49.8 Å². The minimum atomic E-state index is -3.76. The molecule has 0 aliphatic carbocycles. The van der Waals surface area contributed by atoms with Crippen molar-refractivity contribution in [2.75, 3.05) is 50.5 Å². The molecule has 42 heavy (non-hydrogen) atoms. The predicted molar refractivity (Wildman–Crippen MR) is 159 cm³/mol. The number of aryl methyl sites for hydroxylation is 1. The van der Waals surface area contributed by atoms with E-state index in [9.17, 15) is 18.0 Å². The summed E-state index contributed by atoms with van der Waals surface area (Å²) in [5, 5.41) is 6.93. The summed E-state index contributed by atoms with van der Waals surface area (Å²) in [5.41, 5.74) is 3.21. The summed E-state index contributed by atoms with van der Waals surface area (Å²) in [7, 11) is -2.53. The van der Waals surface area contributed by atoms with Gasteiger partial charge >= 0.3 is 6.09 Å². The molecule has 220 valence electrons. The number of carbonyl (C=O) groups is 2. The van der Waals surface area contributed by atoms with Crippen molar-refractivity contribution in [3.8, 4) is 11.1 Å². The largest absolute Gasteiger partial charge is 0.453 e. The number of methoxy groups -OCH3 is 1. The van der Waals surface area contributed by atoms with Crippen LogP contribution in [0.25, 0.3) is 22.0 Å². The van der Waals surface area contributed by atoms with E-state index < -0.39 is 16.1 Å². The first-order valence-electron chi connectivity index (χ1n) is 13.2. The van der Waals surface area contributed by atoms with Crippen molar-refractivity contribution in [2.24, 2.45) is 0 Å². The Hall–Kier alpha value is -4.05. The van der Waals surface area contributed by atoms with Gasteiger partial charge < -0.3 is 10.1 Å². The van der Waals surface area contributed by atoms with Gasteiger partial charge in [-0.05, 0) is 26.0 Å². The van der Waals surface area contributed by atoms with Crippen molar-refractivity contribution in [1.29, 1.82) is 0 Å². The normalized spacial score (nSPS) is 15.3.